The Bertz CT molecular complexity index is 426. The minimum Gasteiger partial charge on any atom is -0.478 e. The molecule has 1 unspecified atom stereocenters. The zero-order chi connectivity index (χ0) is 14.3. The van der Waals surface area contributed by atoms with Crippen LogP contribution in [0.5, 0.6) is 5.75 Å². The summed E-state index contributed by atoms with van der Waals surface area (Å²) in [5, 5.41) is 2.77. The number of amides is 1. The summed E-state index contributed by atoms with van der Waals surface area (Å²) in [6.45, 7) is 4.33. The number of nitrogens with one attached hydrogen (secondary N) is 1. The molecule has 1 amide bonds. The van der Waals surface area contributed by atoms with E-state index in [2.05, 4.69) is 28.2 Å². The van der Waals surface area contributed by atoms with Crippen LogP contribution < -0.4 is 10.1 Å². The van der Waals surface area contributed by atoms with Crippen LogP contribution in [0.2, 0.25) is 0 Å². The molecule has 0 spiro atoms. The van der Waals surface area contributed by atoms with Crippen molar-refractivity contribution in [1.29, 1.82) is 0 Å². The second-order valence-electron chi connectivity index (χ2n) is 4.33. The number of carbonyl (C=O) groups excluding carboxylic acids is 1. The summed E-state index contributed by atoms with van der Waals surface area (Å²) in [6.07, 6.45) is 2.41. The van der Waals surface area contributed by atoms with Crippen molar-refractivity contribution in [3.05, 3.63) is 28.5 Å². The number of ether oxygens (including phenoxy) is 1. The Morgan fingerprint density at radius 1 is 1.47 bits per heavy atom. The highest BCUT2D eigenvalue weighted by Gasteiger charge is 2.16. The van der Waals surface area contributed by atoms with Crippen molar-refractivity contribution in [2.45, 2.75) is 39.2 Å². The quantitative estimate of drug-likeness (QED) is 0.774. The number of halogens is 2. The van der Waals surface area contributed by atoms with Gasteiger partial charge in [-0.1, -0.05) is 35.7 Å². The third-order valence-electron chi connectivity index (χ3n) is 2.65. The number of carbonyl (C=O) groups is 1. The maximum absolute atomic E-state index is 13.5. The molecular formula is C14H19BrFNO2. The van der Waals surface area contributed by atoms with Crippen molar-refractivity contribution < 1.29 is 13.9 Å². The number of hydrogen-bond acceptors (Lipinski definition) is 2. The summed E-state index contributed by atoms with van der Waals surface area (Å²) >= 11 is 3.24. The van der Waals surface area contributed by atoms with Crippen molar-refractivity contribution in [2.24, 2.45) is 0 Å². The molecule has 1 aromatic carbocycles. The lowest BCUT2D eigenvalue weighted by molar-refractivity contribution is -0.127. The smallest absolute Gasteiger partial charge is 0.260 e. The molecule has 1 aromatic rings. The minimum atomic E-state index is -0.717. The van der Waals surface area contributed by atoms with Crippen LogP contribution >= 0.6 is 15.9 Å². The predicted molar refractivity (Wildman–Crippen MR) is 76.7 cm³/mol. The summed E-state index contributed by atoms with van der Waals surface area (Å²) in [5.41, 5.74) is 0. The molecule has 1 N–H and O–H groups in total. The summed E-state index contributed by atoms with van der Waals surface area (Å²) in [6, 6.07) is 4.39. The van der Waals surface area contributed by atoms with Gasteiger partial charge in [-0.3, -0.25) is 4.79 Å². The van der Waals surface area contributed by atoms with Crippen LogP contribution in [0, 0.1) is 5.82 Å². The fourth-order valence-corrected chi connectivity index (χ4v) is 1.88. The van der Waals surface area contributed by atoms with Crippen LogP contribution in [-0.4, -0.2) is 18.6 Å². The molecule has 0 fully saturated rings. The van der Waals surface area contributed by atoms with Gasteiger partial charge in [0.25, 0.3) is 5.91 Å². The van der Waals surface area contributed by atoms with Gasteiger partial charge in [-0.05, 0) is 31.5 Å². The Balaban J connectivity index is 2.47. The SMILES string of the molecule is CCCCCNC(=O)C(C)Oc1cc(Br)ccc1F. The molecule has 0 radical (unpaired) electrons. The second-order valence-corrected chi connectivity index (χ2v) is 5.25. The minimum absolute atomic E-state index is 0.0746. The Morgan fingerprint density at radius 2 is 2.21 bits per heavy atom. The van der Waals surface area contributed by atoms with Gasteiger partial charge in [-0.2, -0.15) is 0 Å². The lowest BCUT2D eigenvalue weighted by atomic mass is 10.2. The molecule has 0 heterocycles. The van der Waals surface area contributed by atoms with Crippen LogP contribution in [0.3, 0.4) is 0 Å². The van der Waals surface area contributed by atoms with E-state index in [0.29, 0.717) is 11.0 Å². The molecule has 0 aromatic heterocycles. The van der Waals surface area contributed by atoms with Crippen molar-refractivity contribution in [1.82, 2.24) is 5.32 Å². The van der Waals surface area contributed by atoms with E-state index in [9.17, 15) is 9.18 Å². The Kier molecular flexibility index (Phi) is 6.84. The van der Waals surface area contributed by atoms with E-state index in [4.69, 9.17) is 4.74 Å². The average Bonchev–Trinajstić information content (AvgIpc) is 2.38. The topological polar surface area (TPSA) is 38.3 Å². The van der Waals surface area contributed by atoms with E-state index in [-0.39, 0.29) is 11.7 Å². The number of benzene rings is 1. The van der Waals surface area contributed by atoms with E-state index in [1.807, 2.05) is 0 Å². The molecule has 106 valence electrons. The highest BCUT2D eigenvalue weighted by atomic mass is 79.9. The Labute approximate surface area is 121 Å². The largest absolute Gasteiger partial charge is 0.478 e. The molecule has 19 heavy (non-hydrogen) atoms. The van der Waals surface area contributed by atoms with E-state index in [1.165, 1.54) is 12.1 Å². The second kappa shape index (κ2) is 8.15. The average molecular weight is 332 g/mol. The van der Waals surface area contributed by atoms with Crippen LogP contribution in [0.1, 0.15) is 33.1 Å². The van der Waals surface area contributed by atoms with Crippen LogP contribution in [0.15, 0.2) is 22.7 Å². The van der Waals surface area contributed by atoms with Gasteiger partial charge in [0.2, 0.25) is 0 Å². The number of rotatable bonds is 7. The van der Waals surface area contributed by atoms with Crippen molar-refractivity contribution in [3.8, 4) is 5.75 Å². The molecular weight excluding hydrogens is 313 g/mol. The fourth-order valence-electron chi connectivity index (χ4n) is 1.54. The molecule has 0 bridgehead atoms. The molecule has 3 nitrogen and oxygen atoms in total. The monoisotopic (exact) mass is 331 g/mol. The molecule has 0 aliphatic rings. The van der Waals surface area contributed by atoms with Crippen LogP contribution in [-0.2, 0) is 4.79 Å². The maximum Gasteiger partial charge on any atom is 0.260 e. The lowest BCUT2D eigenvalue weighted by Gasteiger charge is -2.15. The van der Waals surface area contributed by atoms with Gasteiger partial charge >= 0.3 is 0 Å². The van der Waals surface area contributed by atoms with Gasteiger partial charge in [0, 0.05) is 11.0 Å². The highest BCUT2D eigenvalue weighted by molar-refractivity contribution is 9.10. The van der Waals surface area contributed by atoms with Gasteiger partial charge in [-0.15, -0.1) is 0 Å². The van der Waals surface area contributed by atoms with Gasteiger partial charge in [0.05, 0.1) is 0 Å². The number of hydrogen-bond donors (Lipinski definition) is 1. The molecule has 0 saturated carbocycles. The third-order valence-corrected chi connectivity index (χ3v) is 3.14. The first-order valence-electron chi connectivity index (χ1n) is 6.44. The van der Waals surface area contributed by atoms with Gasteiger partial charge < -0.3 is 10.1 Å². The molecule has 5 heteroatoms. The van der Waals surface area contributed by atoms with Gasteiger partial charge in [0.1, 0.15) is 0 Å². The van der Waals surface area contributed by atoms with Crippen molar-refractivity contribution in [2.75, 3.05) is 6.54 Å². The van der Waals surface area contributed by atoms with Crippen molar-refractivity contribution in [3.63, 3.8) is 0 Å². The zero-order valence-electron chi connectivity index (χ0n) is 11.2. The maximum atomic E-state index is 13.5. The standard InChI is InChI=1S/C14H19BrFNO2/c1-3-4-5-8-17-14(18)10(2)19-13-9-11(15)6-7-12(13)16/h6-7,9-10H,3-5,8H2,1-2H3,(H,17,18). The first kappa shape index (κ1) is 16.0. The lowest BCUT2D eigenvalue weighted by Crippen LogP contribution is -2.36. The van der Waals surface area contributed by atoms with Crippen molar-refractivity contribution >= 4 is 21.8 Å². The summed E-state index contributed by atoms with van der Waals surface area (Å²) in [5.74, 6) is -0.630. The third kappa shape index (κ3) is 5.59. The Morgan fingerprint density at radius 3 is 2.89 bits per heavy atom. The molecule has 0 aliphatic heterocycles. The first-order valence-corrected chi connectivity index (χ1v) is 7.23. The van der Waals surface area contributed by atoms with E-state index >= 15 is 0 Å². The van der Waals surface area contributed by atoms with Crippen LogP contribution in [0.25, 0.3) is 0 Å². The van der Waals surface area contributed by atoms with Gasteiger partial charge in [-0.25, -0.2) is 4.39 Å². The fraction of sp³-hybridized carbons (Fsp3) is 0.500. The molecule has 0 aliphatic carbocycles. The predicted octanol–water partition coefficient (Wildman–Crippen LogP) is 3.66. The molecule has 1 atom stereocenters. The van der Waals surface area contributed by atoms with Crippen LogP contribution in [0.4, 0.5) is 4.39 Å². The normalized spacial score (nSPS) is 12.0. The zero-order valence-corrected chi connectivity index (χ0v) is 12.8. The number of unbranched alkanes of at least 4 members (excludes halogenated alkanes) is 2. The van der Waals surface area contributed by atoms with E-state index in [1.54, 1.807) is 13.0 Å². The van der Waals surface area contributed by atoms with E-state index in [0.717, 1.165) is 19.3 Å². The summed E-state index contributed by atoms with van der Waals surface area (Å²) in [7, 11) is 0. The highest BCUT2D eigenvalue weighted by Crippen LogP contribution is 2.23. The first-order chi connectivity index (χ1) is 9.04. The summed E-state index contributed by atoms with van der Waals surface area (Å²) in [4.78, 5) is 11.7. The molecule has 0 saturated heterocycles. The van der Waals surface area contributed by atoms with Gasteiger partial charge in [0.15, 0.2) is 17.7 Å². The Hall–Kier alpha value is -1.10. The van der Waals surface area contributed by atoms with E-state index < -0.39 is 11.9 Å². The molecule has 1 rings (SSSR count). The summed E-state index contributed by atoms with van der Waals surface area (Å²) < 4.78 is 19.5.